The highest BCUT2D eigenvalue weighted by Gasteiger charge is 2.23. The predicted molar refractivity (Wildman–Crippen MR) is 98.7 cm³/mol. The van der Waals surface area contributed by atoms with Gasteiger partial charge in [-0.25, -0.2) is 9.97 Å². The zero-order valence-electron chi connectivity index (χ0n) is 14.3. The second-order valence-corrected chi connectivity index (χ2v) is 8.22. The number of piperidine rings is 1. The Morgan fingerprint density at radius 2 is 2.08 bits per heavy atom. The van der Waals surface area contributed by atoms with Gasteiger partial charge in [-0.1, -0.05) is 6.92 Å². The fourth-order valence-electron chi connectivity index (χ4n) is 3.83. The number of nitrogens with zero attached hydrogens (tertiary/aromatic N) is 3. The highest BCUT2D eigenvalue weighted by Crippen LogP contribution is 2.39. The maximum absolute atomic E-state index is 9.19. The van der Waals surface area contributed by atoms with E-state index in [-0.39, 0.29) is 6.61 Å². The Hall–Kier alpha value is -1.24. The number of aliphatic hydroxyl groups is 1. The molecule has 5 nitrogen and oxygen atoms in total. The van der Waals surface area contributed by atoms with Crippen LogP contribution in [0, 0.1) is 5.92 Å². The average Bonchev–Trinajstić information content (AvgIpc) is 3.15. The molecule has 4 rings (SSSR count). The lowest BCUT2D eigenvalue weighted by Gasteiger charge is -2.29. The summed E-state index contributed by atoms with van der Waals surface area (Å²) in [6.07, 6.45) is 6.09. The maximum atomic E-state index is 9.19. The lowest BCUT2D eigenvalue weighted by atomic mass is 9.99. The first kappa shape index (κ1) is 16.2. The van der Waals surface area contributed by atoms with Crippen LogP contribution in [0.15, 0.2) is 0 Å². The van der Waals surface area contributed by atoms with Crippen molar-refractivity contribution in [2.24, 2.45) is 5.92 Å². The number of anilines is 1. The number of aliphatic hydroxyl groups excluding tert-OH is 1. The summed E-state index contributed by atoms with van der Waals surface area (Å²) >= 11 is 1.84. The molecule has 1 saturated heterocycles. The Morgan fingerprint density at radius 3 is 2.88 bits per heavy atom. The summed E-state index contributed by atoms with van der Waals surface area (Å²) in [5.41, 5.74) is 1.44. The van der Waals surface area contributed by atoms with E-state index < -0.39 is 0 Å². The zero-order valence-corrected chi connectivity index (χ0v) is 15.2. The van der Waals surface area contributed by atoms with E-state index >= 15 is 0 Å². The van der Waals surface area contributed by atoms with E-state index in [1.807, 2.05) is 11.3 Å². The van der Waals surface area contributed by atoms with Gasteiger partial charge in [0.1, 0.15) is 16.5 Å². The largest absolute Gasteiger partial charge is 0.395 e. The Balaban J connectivity index is 1.64. The molecule has 3 heterocycles. The highest BCUT2D eigenvalue weighted by molar-refractivity contribution is 7.19. The summed E-state index contributed by atoms with van der Waals surface area (Å²) in [5.74, 6) is 2.68. The lowest BCUT2D eigenvalue weighted by Crippen LogP contribution is -2.33. The fourth-order valence-corrected chi connectivity index (χ4v) is 5.11. The van der Waals surface area contributed by atoms with Gasteiger partial charge in [-0.05, 0) is 56.7 Å². The molecule has 0 amide bonds. The van der Waals surface area contributed by atoms with Gasteiger partial charge in [0.05, 0.1) is 18.5 Å². The smallest absolute Gasteiger partial charge is 0.146 e. The molecule has 1 fully saturated rings. The van der Waals surface area contributed by atoms with Crippen molar-refractivity contribution in [3.05, 3.63) is 16.3 Å². The van der Waals surface area contributed by atoms with E-state index in [9.17, 15) is 5.11 Å². The molecule has 1 aliphatic carbocycles. The van der Waals surface area contributed by atoms with Gasteiger partial charge in [0.2, 0.25) is 0 Å². The van der Waals surface area contributed by atoms with Crippen molar-refractivity contribution in [3.63, 3.8) is 0 Å². The van der Waals surface area contributed by atoms with Crippen molar-refractivity contribution in [2.45, 2.75) is 45.6 Å². The number of fused-ring (bicyclic) bond motifs is 3. The first-order valence-electron chi connectivity index (χ1n) is 9.13. The molecule has 0 radical (unpaired) electrons. The summed E-state index contributed by atoms with van der Waals surface area (Å²) in [7, 11) is 0. The monoisotopic (exact) mass is 346 g/mol. The molecule has 0 spiro atoms. The van der Waals surface area contributed by atoms with Gasteiger partial charge in [0, 0.05) is 11.4 Å². The number of thiophene rings is 1. The molecule has 2 aliphatic rings. The number of likely N-dealkylation sites (tertiary alicyclic amines) is 1. The number of nitrogens with one attached hydrogen (secondary N) is 1. The van der Waals surface area contributed by atoms with E-state index in [1.165, 1.54) is 41.5 Å². The summed E-state index contributed by atoms with van der Waals surface area (Å²) in [6.45, 7) is 6.11. The molecule has 6 heteroatoms. The maximum Gasteiger partial charge on any atom is 0.146 e. The number of hydrogen-bond acceptors (Lipinski definition) is 6. The Kier molecular flexibility index (Phi) is 4.70. The van der Waals surface area contributed by atoms with Crippen LogP contribution in [0.5, 0.6) is 0 Å². The van der Waals surface area contributed by atoms with Crippen LogP contribution in [0.4, 0.5) is 5.82 Å². The molecule has 0 bridgehead atoms. The summed E-state index contributed by atoms with van der Waals surface area (Å²) in [5, 5.41) is 13.7. The molecule has 0 atom stereocenters. The summed E-state index contributed by atoms with van der Waals surface area (Å²) < 4.78 is 0. The van der Waals surface area contributed by atoms with Crippen LogP contribution in [-0.4, -0.2) is 46.2 Å². The third-order valence-corrected chi connectivity index (χ3v) is 6.44. The topological polar surface area (TPSA) is 61.3 Å². The quantitative estimate of drug-likeness (QED) is 0.872. The standard InChI is InChI=1S/C18H26N4OS/c1-12-5-8-22(9-6-12)11-15-20-17(19-7-10-23)16-13-3-2-4-14(13)24-18(16)21-15/h12,23H,2-11H2,1H3,(H,19,20,21). The fraction of sp³-hybridized carbons (Fsp3) is 0.667. The number of aryl methyl sites for hydroxylation is 2. The van der Waals surface area contributed by atoms with Gasteiger partial charge in [-0.2, -0.15) is 0 Å². The molecular formula is C18H26N4OS. The Bertz CT molecular complexity index is 721. The number of rotatable bonds is 5. The average molecular weight is 347 g/mol. The third kappa shape index (κ3) is 3.15. The van der Waals surface area contributed by atoms with E-state index in [0.717, 1.165) is 48.4 Å². The Morgan fingerprint density at radius 1 is 1.25 bits per heavy atom. The van der Waals surface area contributed by atoms with Crippen LogP contribution >= 0.6 is 11.3 Å². The van der Waals surface area contributed by atoms with Crippen molar-refractivity contribution in [1.29, 1.82) is 0 Å². The summed E-state index contributed by atoms with van der Waals surface area (Å²) in [4.78, 5) is 14.8. The van der Waals surface area contributed by atoms with Gasteiger partial charge in [-0.15, -0.1) is 11.3 Å². The molecule has 2 aromatic heterocycles. The number of hydrogen-bond donors (Lipinski definition) is 2. The van der Waals surface area contributed by atoms with Crippen molar-refractivity contribution in [3.8, 4) is 0 Å². The van der Waals surface area contributed by atoms with Gasteiger partial charge >= 0.3 is 0 Å². The van der Waals surface area contributed by atoms with Gasteiger partial charge in [-0.3, -0.25) is 4.90 Å². The van der Waals surface area contributed by atoms with Crippen LogP contribution in [0.25, 0.3) is 10.2 Å². The first-order chi connectivity index (χ1) is 11.7. The van der Waals surface area contributed by atoms with Crippen LogP contribution in [0.1, 0.15) is 42.5 Å². The minimum atomic E-state index is 0.122. The van der Waals surface area contributed by atoms with E-state index in [4.69, 9.17) is 9.97 Å². The molecule has 0 aromatic carbocycles. The lowest BCUT2D eigenvalue weighted by molar-refractivity contribution is 0.181. The van der Waals surface area contributed by atoms with Gasteiger partial charge in [0.25, 0.3) is 0 Å². The molecule has 24 heavy (non-hydrogen) atoms. The second kappa shape index (κ2) is 6.94. The molecule has 0 unspecified atom stereocenters. The molecular weight excluding hydrogens is 320 g/mol. The normalized spacial score (nSPS) is 19.1. The van der Waals surface area contributed by atoms with E-state index in [0.29, 0.717) is 6.54 Å². The molecule has 2 aromatic rings. The van der Waals surface area contributed by atoms with Crippen molar-refractivity contribution < 1.29 is 5.11 Å². The molecule has 0 saturated carbocycles. The molecule has 1 aliphatic heterocycles. The zero-order chi connectivity index (χ0) is 16.5. The van der Waals surface area contributed by atoms with Crippen LogP contribution in [0.2, 0.25) is 0 Å². The second-order valence-electron chi connectivity index (χ2n) is 7.13. The van der Waals surface area contributed by atoms with Crippen LogP contribution in [-0.2, 0) is 19.4 Å². The first-order valence-corrected chi connectivity index (χ1v) is 9.94. The Labute approximate surface area is 147 Å². The highest BCUT2D eigenvalue weighted by atomic mass is 32.1. The number of aromatic nitrogens is 2. The third-order valence-electron chi connectivity index (χ3n) is 5.26. The minimum Gasteiger partial charge on any atom is -0.395 e. The van der Waals surface area contributed by atoms with Crippen LogP contribution in [0.3, 0.4) is 0 Å². The van der Waals surface area contributed by atoms with E-state index in [1.54, 1.807) is 0 Å². The van der Waals surface area contributed by atoms with Crippen molar-refractivity contribution in [1.82, 2.24) is 14.9 Å². The molecule has 2 N–H and O–H groups in total. The SMILES string of the molecule is CC1CCN(Cc2nc(NCCO)c3c4c(sc3n2)CCC4)CC1. The predicted octanol–water partition coefficient (Wildman–Crippen LogP) is 2.82. The van der Waals surface area contributed by atoms with Gasteiger partial charge < -0.3 is 10.4 Å². The van der Waals surface area contributed by atoms with Gasteiger partial charge in [0.15, 0.2) is 0 Å². The van der Waals surface area contributed by atoms with E-state index in [2.05, 4.69) is 17.1 Å². The van der Waals surface area contributed by atoms with Crippen molar-refractivity contribution in [2.75, 3.05) is 31.6 Å². The minimum absolute atomic E-state index is 0.122. The van der Waals surface area contributed by atoms with Crippen LogP contribution < -0.4 is 5.32 Å². The summed E-state index contributed by atoms with van der Waals surface area (Å²) in [6, 6.07) is 0. The van der Waals surface area contributed by atoms with Crippen molar-refractivity contribution >= 4 is 27.4 Å². The molecule has 130 valence electrons.